The summed E-state index contributed by atoms with van der Waals surface area (Å²) in [4.78, 5) is 0. The first-order valence-electron chi connectivity index (χ1n) is 10.4. The molecule has 0 aromatic heterocycles. The van der Waals surface area contributed by atoms with Crippen LogP contribution >= 0.6 is 0 Å². The van der Waals surface area contributed by atoms with Crippen LogP contribution < -0.4 is 14.2 Å². The minimum absolute atomic E-state index is 0.141. The molecule has 0 saturated carbocycles. The molecule has 29 heavy (non-hydrogen) atoms. The first-order chi connectivity index (χ1) is 13.7. The lowest BCUT2D eigenvalue weighted by Crippen LogP contribution is -2.20. The van der Waals surface area contributed by atoms with Crippen LogP contribution in [0.3, 0.4) is 0 Å². The summed E-state index contributed by atoms with van der Waals surface area (Å²) < 4.78 is 22.9. The highest BCUT2D eigenvalue weighted by Crippen LogP contribution is 2.32. The van der Waals surface area contributed by atoms with E-state index in [0.29, 0.717) is 24.9 Å². The maximum absolute atomic E-state index is 5.91. The number of rotatable bonds is 10. The quantitative estimate of drug-likeness (QED) is 0.345. The molecule has 160 valence electrons. The normalized spacial score (nSPS) is 13.6. The topological polar surface area (TPSA) is 36.9 Å². The molecule has 0 aliphatic carbocycles. The average molecular weight is 401 g/mol. The van der Waals surface area contributed by atoms with Crippen LogP contribution in [0.1, 0.15) is 65.0 Å². The van der Waals surface area contributed by atoms with Gasteiger partial charge in [-0.3, -0.25) is 0 Å². The van der Waals surface area contributed by atoms with Crippen molar-refractivity contribution >= 4 is 0 Å². The van der Waals surface area contributed by atoms with E-state index in [2.05, 4.69) is 52.8 Å². The van der Waals surface area contributed by atoms with E-state index in [-0.39, 0.29) is 5.41 Å². The van der Waals surface area contributed by atoms with Crippen LogP contribution in [0.5, 0.6) is 17.2 Å². The second-order valence-corrected chi connectivity index (χ2v) is 8.40. The second-order valence-electron chi connectivity index (χ2n) is 8.40. The van der Waals surface area contributed by atoms with Gasteiger partial charge in [-0.25, -0.2) is 0 Å². The van der Waals surface area contributed by atoms with Gasteiger partial charge in [0.25, 0.3) is 0 Å². The molecule has 4 nitrogen and oxygen atoms in total. The fourth-order valence-electron chi connectivity index (χ4n) is 2.96. The average Bonchev–Trinajstić information content (AvgIpc) is 2.70. The first kappa shape index (κ1) is 23.1. The van der Waals surface area contributed by atoms with E-state index in [9.17, 15) is 0 Å². The molecule has 2 rings (SSSR count). The second kappa shape index (κ2) is 10.5. The number of hydrogen-bond acceptors (Lipinski definition) is 4. The summed E-state index contributed by atoms with van der Waals surface area (Å²) in [6, 6.07) is 14.3. The van der Waals surface area contributed by atoms with E-state index in [1.807, 2.05) is 31.2 Å². The first-order valence-corrected chi connectivity index (χ1v) is 10.4. The minimum Gasteiger partial charge on any atom is -0.493 e. The van der Waals surface area contributed by atoms with Gasteiger partial charge < -0.3 is 18.9 Å². The van der Waals surface area contributed by atoms with Gasteiger partial charge in [0.15, 0.2) is 17.8 Å². The summed E-state index contributed by atoms with van der Waals surface area (Å²) in [5, 5.41) is 0. The molecule has 0 heterocycles. The molecule has 0 amide bonds. The van der Waals surface area contributed by atoms with Crippen molar-refractivity contribution in [1.82, 2.24) is 0 Å². The van der Waals surface area contributed by atoms with Crippen molar-refractivity contribution in [2.45, 2.75) is 65.6 Å². The van der Waals surface area contributed by atoms with Gasteiger partial charge in [-0.15, -0.1) is 0 Å². The van der Waals surface area contributed by atoms with Crippen LogP contribution in [0, 0.1) is 0 Å². The van der Waals surface area contributed by atoms with E-state index in [4.69, 9.17) is 18.9 Å². The zero-order chi connectivity index (χ0) is 21.4. The standard InChI is InChI=1S/C25H36O4/c1-8-18(2)20-9-14-23(24(17-20)26-7)29-19(3)27-15-16-28-22-12-10-21(11-13-22)25(4,5)6/h9-14,17-19H,8,15-16H2,1-7H3. The molecule has 2 atom stereocenters. The zero-order valence-corrected chi connectivity index (χ0v) is 19.0. The largest absolute Gasteiger partial charge is 0.493 e. The van der Waals surface area contributed by atoms with Crippen molar-refractivity contribution in [3.8, 4) is 17.2 Å². The van der Waals surface area contributed by atoms with Crippen LogP contribution in [0.25, 0.3) is 0 Å². The van der Waals surface area contributed by atoms with Crippen molar-refractivity contribution in [2.75, 3.05) is 20.3 Å². The summed E-state index contributed by atoms with van der Waals surface area (Å²) in [5.74, 6) is 2.75. The van der Waals surface area contributed by atoms with Crippen LogP contribution in [0.4, 0.5) is 0 Å². The molecule has 0 bridgehead atoms. The molecule has 0 spiro atoms. The molecular formula is C25H36O4. The Labute approximate surface area is 176 Å². The molecule has 2 aromatic carbocycles. The third-order valence-corrected chi connectivity index (χ3v) is 5.09. The SMILES string of the molecule is CCC(C)c1ccc(OC(C)OCCOc2ccc(C(C)(C)C)cc2)c(OC)c1. The molecule has 0 saturated heterocycles. The van der Waals surface area contributed by atoms with E-state index in [1.165, 1.54) is 11.1 Å². The third-order valence-electron chi connectivity index (χ3n) is 5.09. The predicted molar refractivity (Wildman–Crippen MR) is 118 cm³/mol. The zero-order valence-electron chi connectivity index (χ0n) is 19.0. The van der Waals surface area contributed by atoms with Gasteiger partial charge in [-0.1, -0.05) is 52.8 Å². The molecular weight excluding hydrogens is 364 g/mol. The van der Waals surface area contributed by atoms with Gasteiger partial charge in [0.2, 0.25) is 0 Å². The Morgan fingerprint density at radius 2 is 1.59 bits per heavy atom. The molecule has 0 aliphatic heterocycles. The predicted octanol–water partition coefficient (Wildman–Crippen LogP) is 6.33. The van der Waals surface area contributed by atoms with Crippen molar-refractivity contribution in [3.63, 3.8) is 0 Å². The fraction of sp³-hybridized carbons (Fsp3) is 0.520. The van der Waals surface area contributed by atoms with Crippen molar-refractivity contribution in [1.29, 1.82) is 0 Å². The smallest absolute Gasteiger partial charge is 0.197 e. The number of ether oxygens (including phenoxy) is 4. The Bertz CT molecular complexity index is 746. The van der Waals surface area contributed by atoms with Crippen molar-refractivity contribution in [3.05, 3.63) is 53.6 Å². The molecule has 0 N–H and O–H groups in total. The van der Waals surface area contributed by atoms with Gasteiger partial charge in [0.1, 0.15) is 12.4 Å². The van der Waals surface area contributed by atoms with Crippen LogP contribution in [-0.2, 0) is 10.2 Å². The van der Waals surface area contributed by atoms with E-state index < -0.39 is 6.29 Å². The van der Waals surface area contributed by atoms with E-state index >= 15 is 0 Å². The van der Waals surface area contributed by atoms with Crippen LogP contribution in [-0.4, -0.2) is 26.6 Å². The summed E-state index contributed by atoms with van der Waals surface area (Å²) in [5.41, 5.74) is 2.68. The highest BCUT2D eigenvalue weighted by atomic mass is 16.7. The summed E-state index contributed by atoms with van der Waals surface area (Å²) in [6.45, 7) is 13.8. The van der Waals surface area contributed by atoms with Crippen molar-refractivity contribution < 1.29 is 18.9 Å². The number of hydrogen-bond donors (Lipinski definition) is 0. The number of methoxy groups -OCH3 is 1. The molecule has 0 aliphatic rings. The fourth-order valence-corrected chi connectivity index (χ4v) is 2.96. The Balaban J connectivity index is 1.80. The van der Waals surface area contributed by atoms with Crippen LogP contribution in [0.2, 0.25) is 0 Å². The lowest BCUT2D eigenvalue weighted by atomic mass is 9.87. The Morgan fingerprint density at radius 1 is 0.897 bits per heavy atom. The highest BCUT2D eigenvalue weighted by molar-refractivity contribution is 5.44. The Hall–Kier alpha value is -2.20. The lowest BCUT2D eigenvalue weighted by Gasteiger charge is -2.20. The van der Waals surface area contributed by atoms with Crippen molar-refractivity contribution in [2.24, 2.45) is 0 Å². The molecule has 0 fully saturated rings. The molecule has 0 radical (unpaired) electrons. The Morgan fingerprint density at radius 3 is 2.17 bits per heavy atom. The van der Waals surface area contributed by atoms with Gasteiger partial charge in [-0.05, 0) is 60.1 Å². The Kier molecular flexibility index (Phi) is 8.39. The minimum atomic E-state index is -0.398. The maximum Gasteiger partial charge on any atom is 0.197 e. The third kappa shape index (κ3) is 6.97. The monoisotopic (exact) mass is 400 g/mol. The van der Waals surface area contributed by atoms with E-state index in [0.717, 1.165) is 17.9 Å². The van der Waals surface area contributed by atoms with Gasteiger partial charge in [0.05, 0.1) is 13.7 Å². The highest BCUT2D eigenvalue weighted by Gasteiger charge is 2.14. The summed E-state index contributed by atoms with van der Waals surface area (Å²) >= 11 is 0. The van der Waals surface area contributed by atoms with Gasteiger partial charge >= 0.3 is 0 Å². The van der Waals surface area contributed by atoms with Crippen LogP contribution in [0.15, 0.2) is 42.5 Å². The summed E-state index contributed by atoms with van der Waals surface area (Å²) in [6.07, 6.45) is 0.687. The number of benzene rings is 2. The van der Waals surface area contributed by atoms with Gasteiger partial charge in [-0.2, -0.15) is 0 Å². The summed E-state index contributed by atoms with van der Waals surface area (Å²) in [7, 11) is 1.66. The van der Waals surface area contributed by atoms with Gasteiger partial charge in [0, 0.05) is 0 Å². The van der Waals surface area contributed by atoms with E-state index in [1.54, 1.807) is 7.11 Å². The lowest BCUT2D eigenvalue weighted by molar-refractivity contribution is -0.0748. The molecule has 2 unspecified atom stereocenters. The molecule has 4 heteroatoms. The maximum atomic E-state index is 5.91. The molecule has 2 aromatic rings.